The lowest BCUT2D eigenvalue weighted by atomic mass is 10.1. The molecule has 30 heavy (non-hydrogen) atoms. The third-order valence-electron chi connectivity index (χ3n) is 3.97. The van der Waals surface area contributed by atoms with Gasteiger partial charge in [-0.1, -0.05) is 24.3 Å². The van der Waals surface area contributed by atoms with E-state index in [4.69, 9.17) is 9.47 Å². The Labute approximate surface area is 174 Å². The SMILES string of the molecule is CCOC(=O)c1ccccc1NC(=O)CCC(=O)Nc1ccccc1C(=O)OCC. The number of rotatable bonds is 9. The molecule has 0 saturated heterocycles. The minimum absolute atomic E-state index is 0.107. The molecule has 0 aromatic heterocycles. The number of nitrogens with one attached hydrogen (secondary N) is 2. The number of amides is 2. The van der Waals surface area contributed by atoms with Gasteiger partial charge in [-0.05, 0) is 38.1 Å². The smallest absolute Gasteiger partial charge is 0.340 e. The highest BCUT2D eigenvalue weighted by Gasteiger charge is 2.16. The maximum atomic E-state index is 12.2. The molecule has 0 aliphatic carbocycles. The molecule has 2 aromatic carbocycles. The van der Waals surface area contributed by atoms with Crippen molar-refractivity contribution in [2.45, 2.75) is 26.7 Å². The molecule has 0 fully saturated rings. The van der Waals surface area contributed by atoms with Crippen LogP contribution < -0.4 is 10.6 Å². The zero-order valence-electron chi connectivity index (χ0n) is 16.9. The van der Waals surface area contributed by atoms with Crippen LogP contribution in [0.25, 0.3) is 0 Å². The highest BCUT2D eigenvalue weighted by molar-refractivity contribution is 6.04. The summed E-state index contributed by atoms with van der Waals surface area (Å²) in [5.41, 5.74) is 1.10. The van der Waals surface area contributed by atoms with E-state index in [1.54, 1.807) is 62.4 Å². The quantitative estimate of drug-likeness (QED) is 0.611. The average molecular weight is 412 g/mol. The molecule has 0 heterocycles. The second-order valence-electron chi connectivity index (χ2n) is 6.13. The van der Waals surface area contributed by atoms with Crippen molar-refractivity contribution in [3.63, 3.8) is 0 Å². The van der Waals surface area contributed by atoms with Gasteiger partial charge in [-0.25, -0.2) is 9.59 Å². The lowest BCUT2D eigenvalue weighted by Crippen LogP contribution is -2.20. The van der Waals surface area contributed by atoms with Crippen LogP contribution in [-0.2, 0) is 19.1 Å². The molecule has 0 radical (unpaired) electrons. The van der Waals surface area contributed by atoms with Gasteiger partial charge in [0.15, 0.2) is 0 Å². The Hall–Kier alpha value is -3.68. The fourth-order valence-electron chi connectivity index (χ4n) is 2.61. The number of carbonyl (C=O) groups is 4. The molecule has 0 bridgehead atoms. The predicted octanol–water partition coefficient (Wildman–Crippen LogP) is 3.40. The molecular formula is C22H24N2O6. The van der Waals surface area contributed by atoms with Crippen molar-refractivity contribution in [2.24, 2.45) is 0 Å². The van der Waals surface area contributed by atoms with E-state index < -0.39 is 23.8 Å². The minimum Gasteiger partial charge on any atom is -0.462 e. The molecule has 2 N–H and O–H groups in total. The highest BCUT2D eigenvalue weighted by Crippen LogP contribution is 2.18. The number of carbonyl (C=O) groups excluding carboxylic acids is 4. The average Bonchev–Trinajstić information content (AvgIpc) is 2.73. The van der Waals surface area contributed by atoms with Gasteiger partial charge in [0.25, 0.3) is 0 Å². The van der Waals surface area contributed by atoms with Gasteiger partial charge in [0, 0.05) is 12.8 Å². The van der Waals surface area contributed by atoms with Crippen molar-refractivity contribution in [1.29, 1.82) is 0 Å². The Bertz CT molecular complexity index is 850. The molecule has 0 aliphatic heterocycles. The maximum Gasteiger partial charge on any atom is 0.340 e. The van der Waals surface area contributed by atoms with Crippen LogP contribution in [0.1, 0.15) is 47.4 Å². The molecule has 0 atom stereocenters. The topological polar surface area (TPSA) is 111 Å². The Morgan fingerprint density at radius 2 is 1.03 bits per heavy atom. The third kappa shape index (κ3) is 6.44. The molecule has 2 rings (SSSR count). The summed E-state index contributed by atoms with van der Waals surface area (Å²) in [4.78, 5) is 48.4. The van der Waals surface area contributed by atoms with Gasteiger partial charge >= 0.3 is 11.9 Å². The summed E-state index contributed by atoms with van der Waals surface area (Å²) in [5.74, 6) is -1.94. The van der Waals surface area contributed by atoms with Crippen molar-refractivity contribution in [1.82, 2.24) is 0 Å². The molecular weight excluding hydrogens is 388 g/mol. The van der Waals surface area contributed by atoms with E-state index >= 15 is 0 Å². The summed E-state index contributed by atoms with van der Waals surface area (Å²) in [6, 6.07) is 12.9. The third-order valence-corrected chi connectivity index (χ3v) is 3.97. The van der Waals surface area contributed by atoms with Crippen molar-refractivity contribution in [2.75, 3.05) is 23.8 Å². The molecule has 8 nitrogen and oxygen atoms in total. The molecule has 158 valence electrons. The summed E-state index contributed by atoms with van der Waals surface area (Å²) in [6.45, 7) is 3.82. The van der Waals surface area contributed by atoms with Gasteiger partial charge < -0.3 is 20.1 Å². The fourth-order valence-corrected chi connectivity index (χ4v) is 2.61. The molecule has 8 heteroatoms. The lowest BCUT2D eigenvalue weighted by molar-refractivity contribution is -0.121. The summed E-state index contributed by atoms with van der Waals surface area (Å²) in [5, 5.41) is 5.24. The largest absolute Gasteiger partial charge is 0.462 e. The Balaban J connectivity index is 1.95. The molecule has 0 saturated carbocycles. The fraction of sp³-hybridized carbons (Fsp3) is 0.273. The van der Waals surface area contributed by atoms with E-state index in [1.807, 2.05) is 0 Å². The number of hydrogen-bond donors (Lipinski definition) is 2. The minimum atomic E-state index is -0.540. The van der Waals surface area contributed by atoms with E-state index in [1.165, 1.54) is 0 Å². The number of anilines is 2. The number of benzene rings is 2. The number of esters is 2. The molecule has 0 unspecified atom stereocenters. The summed E-state index contributed by atoms with van der Waals surface area (Å²) >= 11 is 0. The van der Waals surface area contributed by atoms with E-state index in [0.29, 0.717) is 11.4 Å². The number of para-hydroxylation sites is 2. The first kappa shape index (κ1) is 22.6. The molecule has 2 aromatic rings. The number of hydrogen-bond acceptors (Lipinski definition) is 6. The van der Waals surface area contributed by atoms with Crippen LogP contribution in [0.3, 0.4) is 0 Å². The van der Waals surface area contributed by atoms with Crippen molar-refractivity contribution >= 4 is 35.1 Å². The van der Waals surface area contributed by atoms with Gasteiger partial charge in [-0.3, -0.25) is 9.59 Å². The van der Waals surface area contributed by atoms with E-state index in [9.17, 15) is 19.2 Å². The second-order valence-corrected chi connectivity index (χ2v) is 6.13. The summed E-state index contributed by atoms with van der Waals surface area (Å²) < 4.78 is 9.94. The highest BCUT2D eigenvalue weighted by atomic mass is 16.5. The normalized spacial score (nSPS) is 10.1. The van der Waals surface area contributed by atoms with Gasteiger partial charge in [-0.2, -0.15) is 0 Å². The maximum absolute atomic E-state index is 12.2. The molecule has 0 aliphatic rings. The zero-order valence-corrected chi connectivity index (χ0v) is 16.9. The van der Waals surface area contributed by atoms with Crippen molar-refractivity contribution < 1.29 is 28.7 Å². The summed E-state index contributed by atoms with van der Waals surface area (Å²) in [7, 11) is 0. The molecule has 2 amide bonds. The van der Waals surface area contributed by atoms with Crippen LogP contribution >= 0.6 is 0 Å². The van der Waals surface area contributed by atoms with E-state index in [-0.39, 0.29) is 37.2 Å². The van der Waals surface area contributed by atoms with Crippen LogP contribution in [0.2, 0.25) is 0 Å². The van der Waals surface area contributed by atoms with Gasteiger partial charge in [0.05, 0.1) is 35.7 Å². The van der Waals surface area contributed by atoms with Crippen molar-refractivity contribution in [3.05, 3.63) is 59.7 Å². The van der Waals surface area contributed by atoms with Gasteiger partial charge in [0.2, 0.25) is 11.8 Å². The van der Waals surface area contributed by atoms with Crippen molar-refractivity contribution in [3.8, 4) is 0 Å². The second kappa shape index (κ2) is 11.4. The Morgan fingerprint density at radius 1 is 0.667 bits per heavy atom. The van der Waals surface area contributed by atoms with Gasteiger partial charge in [0.1, 0.15) is 0 Å². The Morgan fingerprint density at radius 3 is 1.40 bits per heavy atom. The Kier molecular flexibility index (Phi) is 8.56. The van der Waals surface area contributed by atoms with Crippen LogP contribution in [0.15, 0.2) is 48.5 Å². The molecule has 0 spiro atoms. The lowest BCUT2D eigenvalue weighted by Gasteiger charge is -2.11. The number of ether oxygens (including phenoxy) is 2. The van der Waals surface area contributed by atoms with Crippen LogP contribution in [0.4, 0.5) is 11.4 Å². The van der Waals surface area contributed by atoms with Crippen LogP contribution in [0.5, 0.6) is 0 Å². The first-order valence-corrected chi connectivity index (χ1v) is 9.58. The zero-order chi connectivity index (χ0) is 21.9. The monoisotopic (exact) mass is 412 g/mol. The summed E-state index contributed by atoms with van der Waals surface area (Å²) in [6.07, 6.45) is -0.213. The van der Waals surface area contributed by atoms with Crippen LogP contribution in [0, 0.1) is 0 Å². The first-order valence-electron chi connectivity index (χ1n) is 9.58. The van der Waals surface area contributed by atoms with E-state index in [0.717, 1.165) is 0 Å². The van der Waals surface area contributed by atoms with Crippen LogP contribution in [-0.4, -0.2) is 37.0 Å². The van der Waals surface area contributed by atoms with E-state index in [2.05, 4.69) is 10.6 Å². The first-order chi connectivity index (χ1) is 14.5. The predicted molar refractivity (Wildman–Crippen MR) is 111 cm³/mol. The van der Waals surface area contributed by atoms with Gasteiger partial charge in [-0.15, -0.1) is 0 Å². The standard InChI is InChI=1S/C22H24N2O6/c1-3-29-21(27)15-9-5-7-11-17(15)23-19(25)13-14-20(26)24-18-12-8-6-10-16(18)22(28)30-4-2/h5-12H,3-4,13-14H2,1-2H3,(H,23,25)(H,24,26).